The minimum absolute atomic E-state index is 0.0969. The van der Waals surface area contributed by atoms with Crippen LogP contribution >= 0.6 is 11.8 Å². The second-order valence-electron chi connectivity index (χ2n) is 7.71. The maximum atomic E-state index is 13.2. The molecular weight excluding hydrogens is 420 g/mol. The van der Waals surface area contributed by atoms with Crippen molar-refractivity contribution >= 4 is 34.7 Å². The fraction of sp³-hybridized carbons (Fsp3) is 0.545. The van der Waals surface area contributed by atoms with Crippen LogP contribution in [0.3, 0.4) is 0 Å². The number of carboxylic acid groups (broad SMARTS) is 1. The maximum Gasteiger partial charge on any atom is 0.304 e. The molecule has 0 aliphatic carbocycles. The lowest BCUT2D eigenvalue weighted by Crippen LogP contribution is -2.50. The number of rotatable bonds is 12. The highest BCUT2D eigenvalue weighted by molar-refractivity contribution is 8.14. The molecule has 2 amide bonds. The van der Waals surface area contributed by atoms with Crippen LogP contribution in [0.1, 0.15) is 39.2 Å². The monoisotopic (exact) mass is 452 g/mol. The van der Waals surface area contributed by atoms with E-state index in [9.17, 15) is 24.3 Å². The van der Waals surface area contributed by atoms with Crippen LogP contribution in [0.5, 0.6) is 5.75 Å². The lowest BCUT2D eigenvalue weighted by Gasteiger charge is -2.27. The second kappa shape index (κ2) is 13.0. The zero-order chi connectivity index (χ0) is 23.6. The van der Waals surface area contributed by atoms with Crippen LogP contribution in [0.25, 0.3) is 0 Å². The van der Waals surface area contributed by atoms with Crippen molar-refractivity contribution < 1.29 is 29.0 Å². The van der Waals surface area contributed by atoms with Gasteiger partial charge in [0.2, 0.25) is 11.8 Å². The van der Waals surface area contributed by atoms with E-state index in [-0.39, 0.29) is 29.8 Å². The second-order valence-corrected chi connectivity index (χ2v) is 9.13. The summed E-state index contributed by atoms with van der Waals surface area (Å²) >= 11 is 0.861. The normalized spacial score (nSPS) is 13.7. The van der Waals surface area contributed by atoms with E-state index in [2.05, 4.69) is 10.6 Å². The van der Waals surface area contributed by atoms with Gasteiger partial charge in [0.15, 0.2) is 5.12 Å². The fourth-order valence-corrected chi connectivity index (χ4v) is 4.30. The third-order valence-electron chi connectivity index (χ3n) is 4.68. The van der Waals surface area contributed by atoms with Crippen LogP contribution in [0.2, 0.25) is 0 Å². The Labute approximate surface area is 187 Å². The molecule has 1 rings (SSSR count). The molecule has 172 valence electrons. The number of hydrogen-bond acceptors (Lipinski definition) is 6. The first kappa shape index (κ1) is 26.5. The van der Waals surface area contributed by atoms with Gasteiger partial charge >= 0.3 is 5.97 Å². The number of ether oxygens (including phenoxy) is 1. The summed E-state index contributed by atoms with van der Waals surface area (Å²) in [4.78, 5) is 48.6. The van der Waals surface area contributed by atoms with E-state index in [0.717, 1.165) is 17.3 Å². The number of hydrogen-bond donors (Lipinski definition) is 3. The van der Waals surface area contributed by atoms with Gasteiger partial charge in [-0.15, -0.1) is 0 Å². The average Bonchev–Trinajstić information content (AvgIpc) is 2.70. The maximum absolute atomic E-state index is 13.2. The van der Waals surface area contributed by atoms with Crippen LogP contribution in [-0.2, 0) is 25.6 Å². The molecule has 0 fully saturated rings. The van der Waals surface area contributed by atoms with Gasteiger partial charge in [-0.1, -0.05) is 37.7 Å². The number of likely N-dealkylation sites (N-methyl/N-ethyl adjacent to an activating group) is 1. The van der Waals surface area contributed by atoms with Gasteiger partial charge < -0.3 is 20.5 Å². The molecule has 1 aromatic carbocycles. The van der Waals surface area contributed by atoms with Crippen LogP contribution < -0.4 is 15.4 Å². The van der Waals surface area contributed by atoms with Crippen LogP contribution in [0.15, 0.2) is 24.3 Å². The van der Waals surface area contributed by atoms with Gasteiger partial charge in [0, 0.05) is 25.6 Å². The van der Waals surface area contributed by atoms with E-state index in [1.54, 1.807) is 19.2 Å². The fourth-order valence-electron chi connectivity index (χ4n) is 3.25. The molecule has 9 heteroatoms. The van der Waals surface area contributed by atoms with Crippen molar-refractivity contribution in [3.05, 3.63) is 29.8 Å². The summed E-state index contributed by atoms with van der Waals surface area (Å²) in [5, 5.41) is 13.6. The van der Waals surface area contributed by atoms with Crippen LogP contribution in [0.4, 0.5) is 0 Å². The van der Waals surface area contributed by atoms with Gasteiger partial charge in [0.1, 0.15) is 11.8 Å². The van der Waals surface area contributed by atoms with Crippen molar-refractivity contribution in [2.75, 3.05) is 14.2 Å². The first-order valence-corrected chi connectivity index (χ1v) is 11.0. The van der Waals surface area contributed by atoms with Gasteiger partial charge in [-0.3, -0.25) is 19.2 Å². The van der Waals surface area contributed by atoms with E-state index in [4.69, 9.17) is 4.74 Å². The molecule has 1 aromatic rings. The van der Waals surface area contributed by atoms with Crippen molar-refractivity contribution in [1.82, 2.24) is 10.6 Å². The Morgan fingerprint density at radius 2 is 1.71 bits per heavy atom. The van der Waals surface area contributed by atoms with E-state index < -0.39 is 29.1 Å². The minimum atomic E-state index is -1.08. The Bertz CT molecular complexity index is 750. The molecule has 8 nitrogen and oxygen atoms in total. The van der Waals surface area contributed by atoms with Gasteiger partial charge in [-0.05, 0) is 30.0 Å². The Morgan fingerprint density at radius 1 is 1.10 bits per heavy atom. The first-order valence-electron chi connectivity index (χ1n) is 10.1. The van der Waals surface area contributed by atoms with Crippen molar-refractivity contribution in [3.8, 4) is 5.75 Å². The highest BCUT2D eigenvalue weighted by Gasteiger charge is 2.34. The molecule has 0 radical (unpaired) electrons. The molecule has 3 unspecified atom stereocenters. The summed E-state index contributed by atoms with van der Waals surface area (Å²) in [5.74, 6) is -1.83. The Balaban J connectivity index is 3.10. The molecule has 0 aromatic heterocycles. The number of carbonyl (C=O) groups excluding carboxylic acids is 3. The molecule has 0 aliphatic rings. The Hall–Kier alpha value is -2.55. The number of carboxylic acids is 1. The zero-order valence-electron chi connectivity index (χ0n) is 18.6. The topological polar surface area (TPSA) is 122 Å². The van der Waals surface area contributed by atoms with E-state index in [1.165, 1.54) is 14.0 Å². The SMILES string of the molecule is CNC(=O)C(Cc1ccc(OC)cc1)NC(=O)C(CC(C)C)C(CC(=O)O)SC(C)=O. The standard InChI is InChI=1S/C22H32N2O6S/c1-13(2)10-17(19(12-20(26)27)31-14(3)25)21(28)24-18(22(29)23-4)11-15-6-8-16(30-5)9-7-15/h6-9,13,17-19H,10-12H2,1-5H3,(H,23,29)(H,24,28)(H,26,27). The number of carbonyl (C=O) groups is 4. The van der Waals surface area contributed by atoms with Gasteiger partial charge in [-0.25, -0.2) is 0 Å². The van der Waals surface area contributed by atoms with E-state index in [0.29, 0.717) is 12.2 Å². The summed E-state index contributed by atoms with van der Waals surface area (Å²) in [5.41, 5.74) is 0.829. The van der Waals surface area contributed by atoms with E-state index in [1.807, 2.05) is 26.0 Å². The summed E-state index contributed by atoms with van der Waals surface area (Å²) in [6.07, 6.45) is 0.332. The quantitative estimate of drug-likeness (QED) is 0.445. The van der Waals surface area contributed by atoms with Gasteiger partial charge in [-0.2, -0.15) is 0 Å². The molecule has 0 bridgehead atoms. The third-order valence-corrected chi connectivity index (χ3v) is 5.81. The predicted molar refractivity (Wildman–Crippen MR) is 120 cm³/mol. The number of thioether (sulfide) groups is 1. The van der Waals surface area contributed by atoms with Crippen molar-refractivity contribution in [2.24, 2.45) is 11.8 Å². The summed E-state index contributed by atoms with van der Waals surface area (Å²) in [6, 6.07) is 6.32. The molecule has 0 spiro atoms. The van der Waals surface area contributed by atoms with Crippen molar-refractivity contribution in [1.29, 1.82) is 0 Å². The lowest BCUT2D eigenvalue weighted by atomic mass is 9.91. The molecule has 31 heavy (non-hydrogen) atoms. The number of benzene rings is 1. The molecule has 0 aliphatic heterocycles. The predicted octanol–water partition coefficient (Wildman–Crippen LogP) is 2.25. The number of aliphatic carboxylic acids is 1. The number of nitrogens with one attached hydrogen (secondary N) is 2. The largest absolute Gasteiger partial charge is 0.497 e. The smallest absolute Gasteiger partial charge is 0.304 e. The molecule has 3 atom stereocenters. The molecule has 0 saturated heterocycles. The molecule has 0 saturated carbocycles. The molecule has 0 heterocycles. The first-order chi connectivity index (χ1) is 14.6. The summed E-state index contributed by atoms with van der Waals surface area (Å²) < 4.78 is 5.14. The average molecular weight is 453 g/mol. The molecule has 3 N–H and O–H groups in total. The highest BCUT2D eigenvalue weighted by atomic mass is 32.2. The third kappa shape index (κ3) is 9.42. The summed E-state index contributed by atoms with van der Waals surface area (Å²) in [7, 11) is 3.05. The Morgan fingerprint density at radius 3 is 2.16 bits per heavy atom. The highest BCUT2D eigenvalue weighted by Crippen LogP contribution is 2.29. The Kier molecular flexibility index (Phi) is 11.1. The van der Waals surface area contributed by atoms with Crippen LogP contribution in [-0.4, -0.2) is 53.5 Å². The van der Waals surface area contributed by atoms with Crippen LogP contribution in [0, 0.1) is 11.8 Å². The summed E-state index contributed by atoms with van der Waals surface area (Å²) in [6.45, 7) is 5.19. The number of amides is 2. The van der Waals surface area contributed by atoms with Gasteiger partial charge in [0.25, 0.3) is 0 Å². The van der Waals surface area contributed by atoms with Crippen molar-refractivity contribution in [2.45, 2.75) is 51.3 Å². The van der Waals surface area contributed by atoms with Gasteiger partial charge in [0.05, 0.1) is 19.4 Å². The van der Waals surface area contributed by atoms with E-state index >= 15 is 0 Å². The number of methoxy groups -OCH3 is 1. The molecular formula is C22H32N2O6S. The lowest BCUT2D eigenvalue weighted by molar-refractivity contribution is -0.137. The minimum Gasteiger partial charge on any atom is -0.497 e. The zero-order valence-corrected chi connectivity index (χ0v) is 19.5. The van der Waals surface area contributed by atoms with Crippen molar-refractivity contribution in [3.63, 3.8) is 0 Å².